The van der Waals surface area contributed by atoms with Gasteiger partial charge in [0.15, 0.2) is 10.9 Å². The molecule has 94 valence electrons. The molecular weight excluding hydrogens is 254 g/mol. The normalized spacial score (nSPS) is 10.0. The third kappa shape index (κ3) is 3.42. The Bertz CT molecular complexity index is 508. The fourth-order valence-electron chi connectivity index (χ4n) is 1.25. The largest absolute Gasteiger partial charge is 0.459 e. The number of aromatic nitrogens is 1. The van der Waals surface area contributed by atoms with E-state index in [4.69, 9.17) is 4.42 Å². The number of furan rings is 1. The van der Waals surface area contributed by atoms with Gasteiger partial charge >= 0.3 is 0 Å². The number of carbonyl (C=O) groups excluding carboxylic acids is 2. The van der Waals surface area contributed by atoms with E-state index >= 15 is 0 Å². The molecule has 2 amide bonds. The SMILES string of the molecule is O=C(CCNC(=O)c1ccco1)Nc1nccs1. The second kappa shape index (κ2) is 5.97. The van der Waals surface area contributed by atoms with Crippen molar-refractivity contribution in [1.82, 2.24) is 10.3 Å². The van der Waals surface area contributed by atoms with Gasteiger partial charge in [-0.15, -0.1) is 11.3 Å². The molecule has 18 heavy (non-hydrogen) atoms. The molecule has 6 nitrogen and oxygen atoms in total. The van der Waals surface area contributed by atoms with Crippen LogP contribution in [0.5, 0.6) is 0 Å². The number of anilines is 1. The van der Waals surface area contributed by atoms with Crippen LogP contribution < -0.4 is 10.6 Å². The Morgan fingerprint density at radius 3 is 3.00 bits per heavy atom. The topological polar surface area (TPSA) is 84.2 Å². The maximum absolute atomic E-state index is 11.5. The highest BCUT2D eigenvalue weighted by Gasteiger charge is 2.09. The van der Waals surface area contributed by atoms with Gasteiger partial charge < -0.3 is 15.1 Å². The molecule has 0 aliphatic carbocycles. The number of hydrogen-bond acceptors (Lipinski definition) is 5. The van der Waals surface area contributed by atoms with E-state index < -0.39 is 0 Å². The first kappa shape index (κ1) is 12.3. The Balaban J connectivity index is 1.69. The summed E-state index contributed by atoms with van der Waals surface area (Å²) in [5.41, 5.74) is 0. The second-order valence-corrected chi connectivity index (χ2v) is 4.26. The minimum Gasteiger partial charge on any atom is -0.459 e. The van der Waals surface area contributed by atoms with Crippen molar-refractivity contribution in [2.75, 3.05) is 11.9 Å². The fourth-order valence-corrected chi connectivity index (χ4v) is 1.80. The number of thiazole rings is 1. The van der Waals surface area contributed by atoms with Crippen molar-refractivity contribution in [3.05, 3.63) is 35.7 Å². The van der Waals surface area contributed by atoms with E-state index in [2.05, 4.69) is 15.6 Å². The highest BCUT2D eigenvalue weighted by Crippen LogP contribution is 2.10. The summed E-state index contributed by atoms with van der Waals surface area (Å²) < 4.78 is 4.92. The summed E-state index contributed by atoms with van der Waals surface area (Å²) in [6.07, 6.45) is 3.22. The zero-order valence-electron chi connectivity index (χ0n) is 9.38. The van der Waals surface area contributed by atoms with Crippen LogP contribution in [-0.2, 0) is 4.79 Å². The Morgan fingerprint density at radius 2 is 2.33 bits per heavy atom. The third-order valence-electron chi connectivity index (χ3n) is 2.06. The molecule has 7 heteroatoms. The molecular formula is C11H11N3O3S. The quantitative estimate of drug-likeness (QED) is 0.858. The molecule has 2 N–H and O–H groups in total. The van der Waals surface area contributed by atoms with Crippen molar-refractivity contribution >= 4 is 28.3 Å². The molecule has 0 saturated carbocycles. The van der Waals surface area contributed by atoms with E-state index in [-0.39, 0.29) is 30.5 Å². The number of nitrogens with one attached hydrogen (secondary N) is 2. The van der Waals surface area contributed by atoms with Crippen molar-refractivity contribution in [3.8, 4) is 0 Å². The van der Waals surface area contributed by atoms with Crippen molar-refractivity contribution < 1.29 is 14.0 Å². The number of carbonyl (C=O) groups is 2. The predicted molar refractivity (Wildman–Crippen MR) is 66.4 cm³/mol. The summed E-state index contributed by atoms with van der Waals surface area (Å²) in [5, 5.41) is 7.53. The van der Waals surface area contributed by atoms with Crippen molar-refractivity contribution in [3.63, 3.8) is 0 Å². The van der Waals surface area contributed by atoms with Crippen LogP contribution in [0.15, 0.2) is 34.4 Å². The van der Waals surface area contributed by atoms with E-state index in [1.54, 1.807) is 23.7 Å². The number of rotatable bonds is 5. The summed E-state index contributed by atoms with van der Waals surface area (Å²) in [6, 6.07) is 3.19. The molecule has 0 aromatic carbocycles. The molecule has 2 aromatic heterocycles. The van der Waals surface area contributed by atoms with E-state index in [9.17, 15) is 9.59 Å². The first-order chi connectivity index (χ1) is 8.75. The Hall–Kier alpha value is -2.15. The van der Waals surface area contributed by atoms with Crippen LogP contribution in [0.25, 0.3) is 0 Å². The highest BCUT2D eigenvalue weighted by molar-refractivity contribution is 7.13. The van der Waals surface area contributed by atoms with Gasteiger partial charge in [-0.25, -0.2) is 4.98 Å². The second-order valence-electron chi connectivity index (χ2n) is 3.37. The zero-order chi connectivity index (χ0) is 12.8. The van der Waals surface area contributed by atoms with E-state index in [1.807, 2.05) is 0 Å². The minimum atomic E-state index is -0.331. The predicted octanol–water partition coefficient (Wildman–Crippen LogP) is 1.49. The van der Waals surface area contributed by atoms with Gasteiger partial charge in [-0.05, 0) is 12.1 Å². The first-order valence-corrected chi connectivity index (χ1v) is 6.15. The van der Waals surface area contributed by atoms with E-state index in [0.717, 1.165) is 0 Å². The van der Waals surface area contributed by atoms with Crippen LogP contribution in [0, 0.1) is 0 Å². The lowest BCUT2D eigenvalue weighted by Crippen LogP contribution is -2.27. The fraction of sp³-hybridized carbons (Fsp3) is 0.182. The van der Waals surface area contributed by atoms with Crippen LogP contribution in [0.3, 0.4) is 0 Å². The highest BCUT2D eigenvalue weighted by atomic mass is 32.1. The molecule has 0 bridgehead atoms. The Morgan fingerprint density at radius 1 is 1.44 bits per heavy atom. The molecule has 0 saturated heterocycles. The maximum atomic E-state index is 11.5. The van der Waals surface area contributed by atoms with Crippen LogP contribution >= 0.6 is 11.3 Å². The first-order valence-electron chi connectivity index (χ1n) is 5.27. The monoisotopic (exact) mass is 265 g/mol. The summed E-state index contributed by atoms with van der Waals surface area (Å²) in [4.78, 5) is 26.8. The van der Waals surface area contributed by atoms with Gasteiger partial charge in [0.2, 0.25) is 5.91 Å². The maximum Gasteiger partial charge on any atom is 0.286 e. The van der Waals surface area contributed by atoms with E-state index in [1.165, 1.54) is 17.6 Å². The summed E-state index contributed by atoms with van der Waals surface area (Å²) in [7, 11) is 0. The summed E-state index contributed by atoms with van der Waals surface area (Å²) in [6.45, 7) is 0.247. The van der Waals surface area contributed by atoms with Crippen molar-refractivity contribution in [1.29, 1.82) is 0 Å². The average Bonchev–Trinajstić information content (AvgIpc) is 3.00. The zero-order valence-corrected chi connectivity index (χ0v) is 10.2. The molecule has 0 aliphatic rings. The molecule has 0 unspecified atom stereocenters. The van der Waals surface area contributed by atoms with Gasteiger partial charge in [-0.3, -0.25) is 9.59 Å². The number of nitrogens with zero attached hydrogens (tertiary/aromatic N) is 1. The van der Waals surface area contributed by atoms with Gasteiger partial charge in [-0.2, -0.15) is 0 Å². The standard InChI is InChI=1S/C11H11N3O3S/c15-9(14-11-13-5-7-18-11)3-4-12-10(16)8-2-1-6-17-8/h1-2,5-7H,3-4H2,(H,12,16)(H,13,14,15). The molecule has 2 rings (SSSR count). The Kier molecular flexibility index (Phi) is 4.08. The van der Waals surface area contributed by atoms with Gasteiger partial charge in [0.25, 0.3) is 5.91 Å². The number of hydrogen-bond donors (Lipinski definition) is 2. The molecule has 0 atom stereocenters. The molecule has 0 fully saturated rings. The molecule has 0 radical (unpaired) electrons. The average molecular weight is 265 g/mol. The molecule has 2 heterocycles. The van der Waals surface area contributed by atoms with Gasteiger partial charge in [0.1, 0.15) is 0 Å². The third-order valence-corrected chi connectivity index (χ3v) is 2.75. The van der Waals surface area contributed by atoms with Gasteiger partial charge in [0, 0.05) is 24.5 Å². The van der Waals surface area contributed by atoms with Crippen LogP contribution in [0.1, 0.15) is 17.0 Å². The van der Waals surface area contributed by atoms with Gasteiger partial charge in [-0.1, -0.05) is 0 Å². The van der Waals surface area contributed by atoms with Gasteiger partial charge in [0.05, 0.1) is 6.26 Å². The Labute approximate surface area is 107 Å². The van der Waals surface area contributed by atoms with Crippen LogP contribution in [0.4, 0.5) is 5.13 Å². The summed E-state index contributed by atoms with van der Waals surface area (Å²) >= 11 is 1.34. The molecule has 0 aliphatic heterocycles. The van der Waals surface area contributed by atoms with Crippen LogP contribution in [0.2, 0.25) is 0 Å². The van der Waals surface area contributed by atoms with Crippen molar-refractivity contribution in [2.45, 2.75) is 6.42 Å². The minimum absolute atomic E-state index is 0.187. The summed E-state index contributed by atoms with van der Waals surface area (Å²) in [5.74, 6) is -0.290. The van der Waals surface area contributed by atoms with E-state index in [0.29, 0.717) is 5.13 Å². The lowest BCUT2D eigenvalue weighted by Gasteiger charge is -2.03. The number of amides is 2. The smallest absolute Gasteiger partial charge is 0.286 e. The van der Waals surface area contributed by atoms with Crippen LogP contribution in [-0.4, -0.2) is 23.3 Å². The van der Waals surface area contributed by atoms with Crippen molar-refractivity contribution in [2.24, 2.45) is 0 Å². The molecule has 0 spiro atoms. The lowest BCUT2D eigenvalue weighted by atomic mass is 10.3. The molecule has 2 aromatic rings. The lowest BCUT2D eigenvalue weighted by molar-refractivity contribution is -0.116.